The van der Waals surface area contributed by atoms with Crippen molar-refractivity contribution >= 4 is 0 Å². The number of nitrogens with one attached hydrogen (secondary N) is 1. The molecule has 1 aromatic rings. The van der Waals surface area contributed by atoms with Gasteiger partial charge < -0.3 is 9.73 Å². The molecule has 0 aliphatic heterocycles. The maximum Gasteiger partial charge on any atom is 0.194 e. The fraction of sp³-hybridized carbons (Fsp3) is 0.812. The molecule has 1 heterocycles. The SMILES string of the molecule is CC1(C)CCCC1c1cnc(CCCNC2CC2)o1. The summed E-state index contributed by atoms with van der Waals surface area (Å²) in [5.74, 6) is 2.61. The molecule has 0 bridgehead atoms. The molecule has 1 atom stereocenters. The van der Waals surface area contributed by atoms with Gasteiger partial charge in [0.2, 0.25) is 0 Å². The first kappa shape index (κ1) is 13.2. The summed E-state index contributed by atoms with van der Waals surface area (Å²) < 4.78 is 5.99. The normalized spacial score (nSPS) is 25.9. The molecule has 19 heavy (non-hydrogen) atoms. The van der Waals surface area contributed by atoms with Gasteiger partial charge in [0.05, 0.1) is 6.20 Å². The molecule has 2 saturated carbocycles. The van der Waals surface area contributed by atoms with Crippen molar-refractivity contribution in [3.63, 3.8) is 0 Å². The van der Waals surface area contributed by atoms with Crippen molar-refractivity contribution < 1.29 is 4.42 Å². The summed E-state index contributed by atoms with van der Waals surface area (Å²) in [6.45, 7) is 5.80. The molecule has 3 nitrogen and oxygen atoms in total. The largest absolute Gasteiger partial charge is 0.445 e. The van der Waals surface area contributed by atoms with Gasteiger partial charge in [-0.25, -0.2) is 4.98 Å². The van der Waals surface area contributed by atoms with E-state index in [-0.39, 0.29) is 0 Å². The van der Waals surface area contributed by atoms with Crippen molar-refractivity contribution in [1.82, 2.24) is 10.3 Å². The van der Waals surface area contributed by atoms with Gasteiger partial charge in [0, 0.05) is 18.4 Å². The first-order valence-electron chi connectivity index (χ1n) is 7.83. The van der Waals surface area contributed by atoms with Crippen LogP contribution in [0.5, 0.6) is 0 Å². The monoisotopic (exact) mass is 262 g/mol. The van der Waals surface area contributed by atoms with E-state index >= 15 is 0 Å². The van der Waals surface area contributed by atoms with Crippen LogP contribution in [-0.4, -0.2) is 17.6 Å². The molecule has 2 aliphatic carbocycles. The Hall–Kier alpha value is -0.830. The van der Waals surface area contributed by atoms with Gasteiger partial charge in [0.15, 0.2) is 5.89 Å². The van der Waals surface area contributed by atoms with Gasteiger partial charge in [-0.3, -0.25) is 0 Å². The smallest absolute Gasteiger partial charge is 0.194 e. The number of aromatic nitrogens is 1. The van der Waals surface area contributed by atoms with E-state index in [0.29, 0.717) is 11.3 Å². The van der Waals surface area contributed by atoms with Crippen LogP contribution in [0.4, 0.5) is 0 Å². The Morgan fingerprint density at radius 2 is 2.21 bits per heavy atom. The van der Waals surface area contributed by atoms with Crippen LogP contribution in [0.1, 0.15) is 69.9 Å². The van der Waals surface area contributed by atoms with Crippen molar-refractivity contribution in [2.24, 2.45) is 5.41 Å². The molecule has 2 fully saturated rings. The molecule has 1 aromatic heterocycles. The number of rotatable bonds is 6. The lowest BCUT2D eigenvalue weighted by molar-refractivity contribution is 0.287. The molecular formula is C16H26N2O. The minimum Gasteiger partial charge on any atom is -0.445 e. The fourth-order valence-electron chi connectivity index (χ4n) is 3.29. The predicted octanol–water partition coefficient (Wildman–Crippen LogP) is 3.65. The summed E-state index contributed by atoms with van der Waals surface area (Å²) in [5.41, 5.74) is 0.379. The number of oxazole rings is 1. The molecular weight excluding hydrogens is 236 g/mol. The Kier molecular flexibility index (Phi) is 3.66. The Morgan fingerprint density at radius 3 is 2.89 bits per heavy atom. The van der Waals surface area contributed by atoms with E-state index in [0.717, 1.165) is 37.1 Å². The molecule has 3 rings (SSSR count). The molecule has 106 valence electrons. The van der Waals surface area contributed by atoms with Crippen molar-refractivity contribution in [1.29, 1.82) is 0 Å². The van der Waals surface area contributed by atoms with Gasteiger partial charge in [-0.05, 0) is 44.1 Å². The number of aryl methyl sites for hydroxylation is 1. The molecule has 0 saturated heterocycles. The van der Waals surface area contributed by atoms with Crippen LogP contribution < -0.4 is 5.32 Å². The molecule has 0 spiro atoms. The molecule has 0 radical (unpaired) electrons. The number of nitrogens with zero attached hydrogens (tertiary/aromatic N) is 1. The second-order valence-electron chi connectivity index (χ2n) is 6.92. The zero-order valence-electron chi connectivity index (χ0n) is 12.2. The van der Waals surface area contributed by atoms with E-state index in [9.17, 15) is 0 Å². The highest BCUT2D eigenvalue weighted by molar-refractivity contribution is 5.09. The van der Waals surface area contributed by atoms with E-state index in [4.69, 9.17) is 4.42 Å². The lowest BCUT2D eigenvalue weighted by Gasteiger charge is -2.24. The van der Waals surface area contributed by atoms with E-state index in [1.807, 2.05) is 6.20 Å². The third-order valence-corrected chi connectivity index (χ3v) is 4.75. The van der Waals surface area contributed by atoms with Crippen LogP contribution >= 0.6 is 0 Å². The average Bonchev–Trinajstić information content (AvgIpc) is 2.96. The van der Waals surface area contributed by atoms with Gasteiger partial charge in [-0.2, -0.15) is 0 Å². The van der Waals surface area contributed by atoms with Gasteiger partial charge >= 0.3 is 0 Å². The zero-order chi connectivity index (χ0) is 13.3. The minimum atomic E-state index is 0.379. The second kappa shape index (κ2) is 5.28. The summed E-state index contributed by atoms with van der Waals surface area (Å²) in [5, 5.41) is 3.53. The lowest BCUT2D eigenvalue weighted by Crippen LogP contribution is -2.17. The Balaban J connectivity index is 1.50. The topological polar surface area (TPSA) is 38.1 Å². The van der Waals surface area contributed by atoms with Crippen molar-refractivity contribution in [2.75, 3.05) is 6.54 Å². The molecule has 2 aliphatic rings. The summed E-state index contributed by atoms with van der Waals surface area (Å²) in [6.07, 6.45) is 10.7. The maximum atomic E-state index is 5.99. The number of hydrogen-bond acceptors (Lipinski definition) is 3. The third-order valence-electron chi connectivity index (χ3n) is 4.75. The van der Waals surface area contributed by atoms with Gasteiger partial charge in [0.25, 0.3) is 0 Å². The molecule has 3 heteroatoms. The van der Waals surface area contributed by atoms with E-state index < -0.39 is 0 Å². The Bertz CT molecular complexity index is 420. The van der Waals surface area contributed by atoms with Crippen molar-refractivity contribution in [3.8, 4) is 0 Å². The Labute approximate surface area is 116 Å². The molecule has 1 unspecified atom stereocenters. The molecule has 0 aromatic carbocycles. The highest BCUT2D eigenvalue weighted by Gasteiger charge is 2.37. The van der Waals surface area contributed by atoms with Crippen LogP contribution in [0.3, 0.4) is 0 Å². The van der Waals surface area contributed by atoms with Crippen molar-refractivity contribution in [3.05, 3.63) is 17.8 Å². The van der Waals surface area contributed by atoms with Crippen LogP contribution in [0.15, 0.2) is 10.6 Å². The quantitative estimate of drug-likeness (QED) is 0.795. The maximum absolute atomic E-state index is 5.99. The minimum absolute atomic E-state index is 0.379. The summed E-state index contributed by atoms with van der Waals surface area (Å²) in [4.78, 5) is 4.46. The van der Waals surface area contributed by atoms with Crippen LogP contribution in [0.2, 0.25) is 0 Å². The molecule has 0 amide bonds. The van der Waals surface area contributed by atoms with Crippen molar-refractivity contribution in [2.45, 2.75) is 70.8 Å². The van der Waals surface area contributed by atoms with Gasteiger partial charge in [0.1, 0.15) is 5.76 Å². The summed E-state index contributed by atoms with van der Waals surface area (Å²) in [7, 11) is 0. The van der Waals surface area contributed by atoms with Crippen LogP contribution in [-0.2, 0) is 6.42 Å². The zero-order valence-corrected chi connectivity index (χ0v) is 12.2. The third kappa shape index (κ3) is 3.19. The van der Waals surface area contributed by atoms with Gasteiger partial charge in [-0.15, -0.1) is 0 Å². The highest BCUT2D eigenvalue weighted by Crippen LogP contribution is 2.48. The Morgan fingerprint density at radius 1 is 1.37 bits per heavy atom. The van der Waals surface area contributed by atoms with Crippen LogP contribution in [0.25, 0.3) is 0 Å². The average molecular weight is 262 g/mol. The highest BCUT2D eigenvalue weighted by atomic mass is 16.4. The lowest BCUT2D eigenvalue weighted by atomic mass is 9.81. The predicted molar refractivity (Wildman–Crippen MR) is 76.2 cm³/mol. The van der Waals surface area contributed by atoms with Gasteiger partial charge in [-0.1, -0.05) is 20.3 Å². The first-order valence-corrected chi connectivity index (χ1v) is 7.83. The first-order chi connectivity index (χ1) is 9.15. The second-order valence-corrected chi connectivity index (χ2v) is 6.92. The fourth-order valence-corrected chi connectivity index (χ4v) is 3.29. The number of hydrogen-bond donors (Lipinski definition) is 1. The van der Waals surface area contributed by atoms with E-state index in [1.54, 1.807) is 0 Å². The van der Waals surface area contributed by atoms with E-state index in [2.05, 4.69) is 24.1 Å². The summed E-state index contributed by atoms with van der Waals surface area (Å²) >= 11 is 0. The van der Waals surface area contributed by atoms with E-state index in [1.165, 1.54) is 32.1 Å². The summed E-state index contributed by atoms with van der Waals surface area (Å²) in [6, 6.07) is 0.805. The standard InChI is InChI=1S/C16H26N2O/c1-16(2)9-3-5-13(16)14-11-18-15(19-14)6-4-10-17-12-7-8-12/h11-13,17H,3-10H2,1-2H3. The molecule has 1 N–H and O–H groups in total. The van der Waals surface area contributed by atoms with Crippen LogP contribution in [0, 0.1) is 5.41 Å².